The molecule has 24 heavy (non-hydrogen) atoms. The standard InChI is InChI=1S/C18H17IN2O3/c19-13-4-8-16(9-5-13)24-11-17(22)20-15-3-1-2-12(10-15)18(23)21-14-6-7-14/h1-5,8-10,14H,6-7,11H2,(H,20,22)(H,21,23). The highest BCUT2D eigenvalue weighted by Gasteiger charge is 2.23. The van der Waals surface area contributed by atoms with Gasteiger partial charge in [-0.2, -0.15) is 0 Å². The van der Waals surface area contributed by atoms with Crippen LogP contribution in [-0.2, 0) is 4.79 Å². The van der Waals surface area contributed by atoms with Gasteiger partial charge in [-0.1, -0.05) is 6.07 Å². The Balaban J connectivity index is 1.53. The Hall–Kier alpha value is -2.09. The molecule has 1 saturated carbocycles. The van der Waals surface area contributed by atoms with Crippen molar-refractivity contribution in [1.82, 2.24) is 5.32 Å². The smallest absolute Gasteiger partial charge is 0.262 e. The average Bonchev–Trinajstić information content (AvgIpc) is 3.38. The maximum atomic E-state index is 12.0. The van der Waals surface area contributed by atoms with E-state index in [9.17, 15) is 9.59 Å². The molecule has 0 unspecified atom stereocenters. The summed E-state index contributed by atoms with van der Waals surface area (Å²) in [5.74, 6) is 0.264. The lowest BCUT2D eigenvalue weighted by atomic mass is 10.2. The zero-order chi connectivity index (χ0) is 16.9. The van der Waals surface area contributed by atoms with E-state index in [0.29, 0.717) is 23.0 Å². The van der Waals surface area contributed by atoms with Gasteiger partial charge in [0.1, 0.15) is 5.75 Å². The number of hydrogen-bond donors (Lipinski definition) is 2. The Labute approximate surface area is 153 Å². The molecule has 3 rings (SSSR count). The number of anilines is 1. The Morgan fingerprint density at radius 3 is 2.58 bits per heavy atom. The third-order valence-corrected chi connectivity index (χ3v) is 4.22. The van der Waals surface area contributed by atoms with Crippen molar-refractivity contribution in [1.29, 1.82) is 0 Å². The fourth-order valence-corrected chi connectivity index (χ4v) is 2.47. The summed E-state index contributed by atoms with van der Waals surface area (Å²) < 4.78 is 6.54. The van der Waals surface area contributed by atoms with Crippen LogP contribution in [0.5, 0.6) is 5.75 Å². The van der Waals surface area contributed by atoms with Gasteiger partial charge in [0.25, 0.3) is 11.8 Å². The molecule has 2 aromatic carbocycles. The first-order valence-corrected chi connectivity index (χ1v) is 8.77. The van der Waals surface area contributed by atoms with Crippen LogP contribution < -0.4 is 15.4 Å². The highest BCUT2D eigenvalue weighted by molar-refractivity contribution is 14.1. The zero-order valence-electron chi connectivity index (χ0n) is 12.9. The highest BCUT2D eigenvalue weighted by Crippen LogP contribution is 2.20. The molecule has 5 nitrogen and oxygen atoms in total. The number of nitrogens with one attached hydrogen (secondary N) is 2. The van der Waals surface area contributed by atoms with Gasteiger partial charge in [-0.15, -0.1) is 0 Å². The summed E-state index contributed by atoms with van der Waals surface area (Å²) >= 11 is 2.20. The van der Waals surface area contributed by atoms with Crippen molar-refractivity contribution in [2.24, 2.45) is 0 Å². The van der Waals surface area contributed by atoms with Crippen LogP contribution in [0.1, 0.15) is 23.2 Å². The van der Waals surface area contributed by atoms with Crippen molar-refractivity contribution in [2.75, 3.05) is 11.9 Å². The van der Waals surface area contributed by atoms with Crippen LogP contribution in [0.25, 0.3) is 0 Å². The van der Waals surface area contributed by atoms with E-state index in [1.165, 1.54) is 0 Å². The molecule has 0 aliphatic heterocycles. The molecule has 0 heterocycles. The minimum atomic E-state index is -0.270. The number of halogens is 1. The van der Waals surface area contributed by atoms with Crippen LogP contribution in [-0.4, -0.2) is 24.5 Å². The molecule has 0 saturated heterocycles. The quantitative estimate of drug-likeness (QED) is 0.684. The molecule has 2 aromatic rings. The van der Waals surface area contributed by atoms with E-state index in [0.717, 1.165) is 16.4 Å². The second kappa shape index (κ2) is 7.65. The second-order valence-electron chi connectivity index (χ2n) is 5.62. The first kappa shape index (κ1) is 16.8. The van der Waals surface area contributed by atoms with E-state index in [-0.39, 0.29) is 18.4 Å². The number of carbonyl (C=O) groups excluding carboxylic acids is 2. The lowest BCUT2D eigenvalue weighted by Gasteiger charge is -2.09. The zero-order valence-corrected chi connectivity index (χ0v) is 15.1. The van der Waals surface area contributed by atoms with Crippen LogP contribution >= 0.6 is 22.6 Å². The molecule has 2 N–H and O–H groups in total. The van der Waals surface area contributed by atoms with Crippen molar-refractivity contribution in [3.63, 3.8) is 0 Å². The van der Waals surface area contributed by atoms with Crippen LogP contribution in [0.2, 0.25) is 0 Å². The van der Waals surface area contributed by atoms with Crippen molar-refractivity contribution in [3.8, 4) is 5.75 Å². The number of hydrogen-bond acceptors (Lipinski definition) is 3. The van der Waals surface area contributed by atoms with Crippen LogP contribution in [0.3, 0.4) is 0 Å². The molecule has 0 aromatic heterocycles. The van der Waals surface area contributed by atoms with Gasteiger partial charge in [0.15, 0.2) is 6.61 Å². The lowest BCUT2D eigenvalue weighted by Crippen LogP contribution is -2.25. The van der Waals surface area contributed by atoms with Gasteiger partial charge in [-0.25, -0.2) is 0 Å². The SMILES string of the molecule is O=C(COc1ccc(I)cc1)Nc1cccc(C(=O)NC2CC2)c1. The van der Waals surface area contributed by atoms with Gasteiger partial charge in [0.05, 0.1) is 0 Å². The Bertz CT molecular complexity index is 742. The number of amides is 2. The van der Waals surface area contributed by atoms with E-state index in [2.05, 4.69) is 33.2 Å². The van der Waals surface area contributed by atoms with Gasteiger partial charge in [-0.05, 0) is 77.9 Å². The van der Waals surface area contributed by atoms with Crippen LogP contribution in [0.15, 0.2) is 48.5 Å². The third-order valence-electron chi connectivity index (χ3n) is 3.50. The van der Waals surface area contributed by atoms with E-state index >= 15 is 0 Å². The van der Waals surface area contributed by atoms with E-state index in [1.807, 2.05) is 24.3 Å². The van der Waals surface area contributed by atoms with Gasteiger partial charge in [-0.3, -0.25) is 9.59 Å². The van der Waals surface area contributed by atoms with Gasteiger partial charge < -0.3 is 15.4 Å². The van der Waals surface area contributed by atoms with Gasteiger partial charge in [0.2, 0.25) is 0 Å². The molecule has 1 aliphatic carbocycles. The molecule has 2 amide bonds. The Kier molecular flexibility index (Phi) is 5.34. The average molecular weight is 436 g/mol. The van der Waals surface area contributed by atoms with Crippen LogP contribution in [0, 0.1) is 3.57 Å². The van der Waals surface area contributed by atoms with Gasteiger partial charge >= 0.3 is 0 Å². The summed E-state index contributed by atoms with van der Waals surface area (Å²) in [5, 5.41) is 5.67. The molecular formula is C18H17IN2O3. The predicted octanol–water partition coefficient (Wildman–Crippen LogP) is 3.20. The predicted molar refractivity (Wildman–Crippen MR) is 100 cm³/mol. The summed E-state index contributed by atoms with van der Waals surface area (Å²) in [6.07, 6.45) is 2.08. The number of carbonyl (C=O) groups is 2. The normalized spacial score (nSPS) is 13.2. The van der Waals surface area contributed by atoms with E-state index in [4.69, 9.17) is 4.74 Å². The second-order valence-corrected chi connectivity index (χ2v) is 6.86. The minimum absolute atomic E-state index is 0.0842. The molecule has 1 fully saturated rings. The van der Waals surface area contributed by atoms with Crippen molar-refractivity contribution >= 4 is 40.1 Å². The molecule has 124 valence electrons. The van der Waals surface area contributed by atoms with E-state index in [1.54, 1.807) is 24.3 Å². The molecule has 0 spiro atoms. The van der Waals surface area contributed by atoms with Crippen LogP contribution in [0.4, 0.5) is 5.69 Å². The van der Waals surface area contributed by atoms with Crippen molar-refractivity contribution in [3.05, 3.63) is 57.7 Å². The summed E-state index contributed by atoms with van der Waals surface area (Å²) in [4.78, 5) is 24.0. The van der Waals surface area contributed by atoms with Gasteiger partial charge in [0, 0.05) is 20.9 Å². The number of benzene rings is 2. The molecule has 0 radical (unpaired) electrons. The number of ether oxygens (including phenoxy) is 1. The lowest BCUT2D eigenvalue weighted by molar-refractivity contribution is -0.118. The maximum Gasteiger partial charge on any atom is 0.262 e. The fourth-order valence-electron chi connectivity index (χ4n) is 2.11. The molecule has 0 atom stereocenters. The third kappa shape index (κ3) is 4.95. The summed E-state index contributed by atoms with van der Waals surface area (Å²) in [7, 11) is 0. The topological polar surface area (TPSA) is 67.4 Å². The minimum Gasteiger partial charge on any atom is -0.484 e. The molecule has 1 aliphatic rings. The Morgan fingerprint density at radius 1 is 1.12 bits per heavy atom. The fraction of sp³-hybridized carbons (Fsp3) is 0.222. The maximum absolute atomic E-state index is 12.0. The van der Waals surface area contributed by atoms with Crippen molar-refractivity contribution in [2.45, 2.75) is 18.9 Å². The number of rotatable bonds is 6. The monoisotopic (exact) mass is 436 g/mol. The highest BCUT2D eigenvalue weighted by atomic mass is 127. The summed E-state index contributed by atoms with van der Waals surface area (Å²) in [6, 6.07) is 14.7. The molecule has 6 heteroatoms. The first-order valence-electron chi connectivity index (χ1n) is 7.69. The largest absolute Gasteiger partial charge is 0.484 e. The summed E-state index contributed by atoms with van der Waals surface area (Å²) in [6.45, 7) is -0.0842. The first-order chi connectivity index (χ1) is 11.6. The van der Waals surface area contributed by atoms with Crippen molar-refractivity contribution < 1.29 is 14.3 Å². The molecular weight excluding hydrogens is 419 g/mol. The summed E-state index contributed by atoms with van der Waals surface area (Å²) in [5.41, 5.74) is 1.12. The van der Waals surface area contributed by atoms with E-state index < -0.39 is 0 Å². The Morgan fingerprint density at radius 2 is 1.88 bits per heavy atom. The molecule has 0 bridgehead atoms.